The first-order chi connectivity index (χ1) is 22.6. The summed E-state index contributed by atoms with van der Waals surface area (Å²) in [6.45, 7) is 14.2. The molecule has 0 rings (SSSR count). The maximum absolute atomic E-state index is 10.7. The number of unbranched alkanes of at least 4 members (excludes halogenated alkanes) is 14. The van der Waals surface area contributed by atoms with E-state index in [0.29, 0.717) is 38.5 Å². The predicted octanol–water partition coefficient (Wildman–Crippen LogP) is 8.29. The Morgan fingerprint density at radius 1 is 0.417 bits per heavy atom. The fraction of sp³-hybridized carbons (Fsp3) is 0.921. The van der Waals surface area contributed by atoms with Crippen LogP contribution in [0.4, 0.5) is 0 Å². The maximum atomic E-state index is 10.7. The van der Waals surface area contributed by atoms with Gasteiger partial charge in [-0.3, -0.25) is 0 Å². The predicted molar refractivity (Wildman–Crippen MR) is 211 cm³/mol. The Hall–Kier alpha value is 0.259. The number of hydrogen-bond donors (Lipinski definition) is 3. The number of aliphatic carboxylic acids is 3. The molecule has 0 bridgehead atoms. The Kier molecular flexibility index (Phi) is 42.4. The van der Waals surface area contributed by atoms with Crippen LogP contribution in [-0.4, -0.2) is 54.7 Å². The first kappa shape index (κ1) is 55.0. The van der Waals surface area contributed by atoms with Crippen LogP contribution in [0.1, 0.15) is 203 Å². The first-order valence-corrected chi connectivity index (χ1v) is 22.4. The molecule has 48 heavy (non-hydrogen) atoms. The standard InChI is InChI=1S/3C10H20O2S.C8H17.Sn/c3*1-3-5-6-7-8-10(13,4-2)9(11)12;1-3-5-7-8-6-4-2;/h3*13H,3-8H2,1-2H3,(H,11,12);1,3-8H2,2H3;/q;;;;+3/p-3. The normalized spacial score (nSPS) is 14.3. The van der Waals surface area contributed by atoms with Crippen molar-refractivity contribution >= 4 is 78.3 Å². The van der Waals surface area contributed by atoms with E-state index in [-0.39, 0.29) is 0 Å². The van der Waals surface area contributed by atoms with Gasteiger partial charge in [0.05, 0.1) is 32.1 Å². The summed E-state index contributed by atoms with van der Waals surface area (Å²) in [7, 11) is 0. The Morgan fingerprint density at radius 3 is 0.812 bits per heavy atom. The van der Waals surface area contributed by atoms with E-state index in [9.17, 15) is 29.7 Å². The zero-order chi connectivity index (χ0) is 37.9. The molecule has 0 saturated heterocycles. The molecule has 0 heterocycles. The van der Waals surface area contributed by atoms with E-state index in [1.807, 2.05) is 20.8 Å². The summed E-state index contributed by atoms with van der Waals surface area (Å²) < 4.78 is -1.27. The molecule has 284 valence electrons. The molecule has 0 amide bonds. The topological polar surface area (TPSA) is 120 Å². The molecule has 6 nitrogen and oxygen atoms in total. The molecular weight excluding hydrogens is 767 g/mol. The minimum absolute atomic E-state index is 0.532. The summed E-state index contributed by atoms with van der Waals surface area (Å²) in [5.41, 5.74) is 0. The van der Waals surface area contributed by atoms with Crippen LogP contribution in [0, 0.1) is 0 Å². The molecule has 0 aromatic heterocycles. The van der Waals surface area contributed by atoms with Crippen molar-refractivity contribution in [2.75, 3.05) is 0 Å². The van der Waals surface area contributed by atoms with Crippen LogP contribution in [0.3, 0.4) is 0 Å². The first-order valence-electron chi connectivity index (χ1n) is 19.1. The van der Waals surface area contributed by atoms with Crippen molar-refractivity contribution in [3.63, 3.8) is 0 Å². The Bertz CT molecular complexity index is 668. The SMILES string of the molecule is CCCCCCC(S)(CC)C(=O)[O-].CCCCCCC(S)(CC)C(=O)[O-].CCCCCCC(S)(CC)C(=O)[O-].CCCCCCC[CH2][Sn+3]. The van der Waals surface area contributed by atoms with Gasteiger partial charge in [-0.15, -0.1) is 0 Å². The summed E-state index contributed by atoms with van der Waals surface area (Å²) in [5.74, 6) is -3.10. The van der Waals surface area contributed by atoms with E-state index in [4.69, 9.17) is 0 Å². The summed E-state index contributed by atoms with van der Waals surface area (Å²) in [4.78, 5) is 32.2. The third-order valence-electron chi connectivity index (χ3n) is 8.76. The van der Waals surface area contributed by atoms with Gasteiger partial charge in [-0.05, 0) is 38.5 Å². The second-order valence-corrected chi connectivity index (χ2v) is 17.0. The van der Waals surface area contributed by atoms with E-state index >= 15 is 0 Å². The number of thiol groups is 3. The molecule has 0 aliphatic heterocycles. The number of carbonyl (C=O) groups excluding carboxylic acids is 3. The second kappa shape index (κ2) is 37.0. The monoisotopic (exact) mass is 842 g/mol. The average Bonchev–Trinajstić information content (AvgIpc) is 3.07. The van der Waals surface area contributed by atoms with Gasteiger partial charge in [0.25, 0.3) is 0 Å². The van der Waals surface area contributed by atoms with Crippen molar-refractivity contribution in [1.82, 2.24) is 0 Å². The van der Waals surface area contributed by atoms with E-state index < -0.39 is 32.1 Å². The van der Waals surface area contributed by atoms with Gasteiger partial charge in [0, 0.05) is 0 Å². The summed E-state index contributed by atoms with van der Waals surface area (Å²) in [6.07, 6.45) is 25.2. The van der Waals surface area contributed by atoms with Crippen LogP contribution >= 0.6 is 37.9 Å². The number of carbonyl (C=O) groups is 3. The molecule has 3 atom stereocenters. The zero-order valence-corrected chi connectivity index (χ0v) is 37.5. The zero-order valence-electron chi connectivity index (χ0n) is 32.0. The van der Waals surface area contributed by atoms with Gasteiger partial charge in [-0.25, -0.2) is 0 Å². The van der Waals surface area contributed by atoms with Crippen LogP contribution in [0.5, 0.6) is 0 Å². The number of carboxylic acid groups (broad SMARTS) is 3. The number of rotatable bonds is 27. The molecule has 10 heteroatoms. The molecule has 0 aliphatic carbocycles. The van der Waals surface area contributed by atoms with E-state index in [1.54, 1.807) is 22.5 Å². The van der Waals surface area contributed by atoms with Gasteiger partial charge in [0.2, 0.25) is 0 Å². The Morgan fingerprint density at radius 2 is 0.625 bits per heavy atom. The molecule has 0 saturated carbocycles. The minimum atomic E-state index is -1.03. The fourth-order valence-corrected chi connectivity index (χ4v) is 5.90. The van der Waals surface area contributed by atoms with Crippen molar-refractivity contribution in [3.05, 3.63) is 0 Å². The van der Waals surface area contributed by atoms with E-state index in [2.05, 4.69) is 65.6 Å². The van der Waals surface area contributed by atoms with Crippen molar-refractivity contribution in [2.24, 2.45) is 0 Å². The van der Waals surface area contributed by atoms with Gasteiger partial charge >= 0.3 is 72.4 Å². The summed E-state index contributed by atoms with van der Waals surface area (Å²) in [5, 5.41) is 32.2. The van der Waals surface area contributed by atoms with Crippen molar-refractivity contribution in [2.45, 2.75) is 221 Å². The molecule has 0 aliphatic rings. The number of carboxylic acids is 3. The second-order valence-electron chi connectivity index (χ2n) is 13.0. The van der Waals surface area contributed by atoms with Crippen LogP contribution < -0.4 is 15.3 Å². The van der Waals surface area contributed by atoms with E-state index in [0.717, 1.165) is 57.8 Å². The van der Waals surface area contributed by atoms with Crippen LogP contribution in [0.15, 0.2) is 0 Å². The summed E-state index contributed by atoms with van der Waals surface area (Å²) in [6, 6.07) is 0. The molecule has 0 spiro atoms. The van der Waals surface area contributed by atoms with Crippen molar-refractivity contribution in [3.8, 4) is 0 Å². The molecule has 0 aromatic rings. The molecule has 0 N–H and O–H groups in total. The van der Waals surface area contributed by atoms with Crippen molar-refractivity contribution < 1.29 is 29.7 Å². The van der Waals surface area contributed by atoms with Gasteiger partial charge < -0.3 is 29.7 Å². The van der Waals surface area contributed by atoms with Crippen LogP contribution in [-0.2, 0) is 14.4 Å². The third-order valence-corrected chi connectivity index (χ3v) is 11.9. The number of hydrogen-bond acceptors (Lipinski definition) is 9. The quantitative estimate of drug-likeness (QED) is 0.0435. The average molecular weight is 842 g/mol. The molecule has 3 unspecified atom stereocenters. The van der Waals surface area contributed by atoms with Crippen molar-refractivity contribution in [1.29, 1.82) is 0 Å². The molecular formula is C38H74O6S3Sn. The Labute approximate surface area is 327 Å². The third kappa shape index (κ3) is 32.2. The van der Waals surface area contributed by atoms with Crippen LogP contribution in [0.25, 0.3) is 0 Å². The fourth-order valence-electron chi connectivity index (χ4n) is 4.71. The molecule has 0 aromatic carbocycles. The van der Waals surface area contributed by atoms with Gasteiger partial charge in [-0.1, -0.05) is 119 Å². The van der Waals surface area contributed by atoms with Gasteiger partial charge in [0.15, 0.2) is 0 Å². The van der Waals surface area contributed by atoms with Crippen LogP contribution in [0.2, 0.25) is 4.44 Å². The van der Waals surface area contributed by atoms with E-state index in [1.165, 1.54) is 62.2 Å². The Balaban J connectivity index is -0.000000271. The molecule has 0 radical (unpaired) electrons. The molecule has 0 fully saturated rings. The van der Waals surface area contributed by atoms with Gasteiger partial charge in [-0.2, -0.15) is 37.9 Å². The summed E-state index contributed by atoms with van der Waals surface area (Å²) >= 11 is 14.2. The van der Waals surface area contributed by atoms with Gasteiger partial charge in [0.1, 0.15) is 0 Å².